The minimum atomic E-state index is -0.421. The van der Waals surface area contributed by atoms with Crippen LogP contribution < -0.4 is 5.32 Å². The molecular weight excluding hydrogens is 314 g/mol. The van der Waals surface area contributed by atoms with Crippen molar-refractivity contribution in [3.05, 3.63) is 22.7 Å². The number of imide groups is 1. The number of benzene rings is 1. The standard InChI is InChI=1S/C13H10ClN3O3S/c14-7-1-2-8(13-12(7)15-6-21-13)16-9(18)5-17-10(19)3-4-11(17)20/h1-2,6H,3-5H2,(H,16,18). The number of rotatable bonds is 3. The second-order valence-electron chi connectivity index (χ2n) is 4.55. The molecule has 1 aromatic heterocycles. The number of amides is 3. The largest absolute Gasteiger partial charge is 0.323 e. The van der Waals surface area contributed by atoms with Crippen LogP contribution in [0.5, 0.6) is 0 Å². The van der Waals surface area contributed by atoms with Crippen molar-refractivity contribution in [2.45, 2.75) is 12.8 Å². The highest BCUT2D eigenvalue weighted by Crippen LogP contribution is 2.32. The average Bonchev–Trinajstić information content (AvgIpc) is 3.05. The maximum absolute atomic E-state index is 12.0. The summed E-state index contributed by atoms with van der Waals surface area (Å²) in [5.74, 6) is -1.04. The van der Waals surface area contributed by atoms with Gasteiger partial charge < -0.3 is 5.32 Å². The van der Waals surface area contributed by atoms with Gasteiger partial charge in [-0.05, 0) is 12.1 Å². The first-order valence-electron chi connectivity index (χ1n) is 6.21. The zero-order chi connectivity index (χ0) is 15.0. The molecule has 0 saturated carbocycles. The van der Waals surface area contributed by atoms with Crippen LogP contribution in [-0.4, -0.2) is 34.2 Å². The predicted octanol–water partition coefficient (Wildman–Crippen LogP) is 2.04. The molecule has 1 aliphatic heterocycles. The van der Waals surface area contributed by atoms with Crippen LogP contribution in [0.25, 0.3) is 10.2 Å². The van der Waals surface area contributed by atoms with Gasteiger partial charge >= 0.3 is 0 Å². The molecular formula is C13H10ClN3O3S. The third-order valence-corrected chi connectivity index (χ3v) is 4.33. The molecule has 2 heterocycles. The van der Waals surface area contributed by atoms with Gasteiger partial charge in [0.15, 0.2) is 0 Å². The molecule has 0 bridgehead atoms. The Balaban J connectivity index is 1.78. The van der Waals surface area contributed by atoms with Crippen LogP contribution in [-0.2, 0) is 14.4 Å². The molecule has 2 aromatic rings. The van der Waals surface area contributed by atoms with Gasteiger partial charge in [0.2, 0.25) is 17.7 Å². The number of anilines is 1. The summed E-state index contributed by atoms with van der Waals surface area (Å²) < 4.78 is 0.759. The highest BCUT2D eigenvalue weighted by molar-refractivity contribution is 7.17. The van der Waals surface area contributed by atoms with Crippen LogP contribution in [0.15, 0.2) is 17.6 Å². The predicted molar refractivity (Wildman–Crippen MR) is 79.2 cm³/mol. The summed E-state index contributed by atoms with van der Waals surface area (Å²) in [7, 11) is 0. The fourth-order valence-electron chi connectivity index (χ4n) is 2.15. The van der Waals surface area contributed by atoms with Crippen molar-refractivity contribution < 1.29 is 14.4 Å². The molecule has 3 amide bonds. The third kappa shape index (κ3) is 2.62. The van der Waals surface area contributed by atoms with Gasteiger partial charge in [0.25, 0.3) is 0 Å². The van der Waals surface area contributed by atoms with Crippen LogP contribution in [0.2, 0.25) is 5.02 Å². The molecule has 1 aliphatic rings. The van der Waals surface area contributed by atoms with E-state index in [9.17, 15) is 14.4 Å². The molecule has 6 nitrogen and oxygen atoms in total. The van der Waals surface area contributed by atoms with E-state index in [0.29, 0.717) is 16.2 Å². The van der Waals surface area contributed by atoms with Crippen molar-refractivity contribution >= 4 is 56.6 Å². The van der Waals surface area contributed by atoms with Crippen molar-refractivity contribution in [2.24, 2.45) is 0 Å². The summed E-state index contributed by atoms with van der Waals surface area (Å²) in [6.07, 6.45) is 0.346. The lowest BCUT2D eigenvalue weighted by atomic mass is 10.3. The molecule has 108 valence electrons. The maximum atomic E-state index is 12.0. The van der Waals surface area contributed by atoms with E-state index in [-0.39, 0.29) is 31.2 Å². The Hall–Kier alpha value is -1.99. The van der Waals surface area contributed by atoms with E-state index in [1.54, 1.807) is 17.6 Å². The van der Waals surface area contributed by atoms with Crippen LogP contribution in [0.3, 0.4) is 0 Å². The van der Waals surface area contributed by atoms with Gasteiger partial charge in [0, 0.05) is 12.8 Å². The lowest BCUT2D eigenvalue weighted by Crippen LogP contribution is -2.36. The van der Waals surface area contributed by atoms with Crippen molar-refractivity contribution in [1.29, 1.82) is 0 Å². The number of nitrogens with zero attached hydrogens (tertiary/aromatic N) is 2. The molecule has 1 N–H and O–H groups in total. The normalized spacial score (nSPS) is 15.0. The van der Waals surface area contributed by atoms with E-state index < -0.39 is 5.91 Å². The molecule has 0 atom stereocenters. The fraction of sp³-hybridized carbons (Fsp3) is 0.231. The summed E-state index contributed by atoms with van der Waals surface area (Å²) in [5, 5.41) is 3.20. The number of halogens is 1. The van der Waals surface area contributed by atoms with Gasteiger partial charge in [-0.25, -0.2) is 4.98 Å². The second-order valence-corrected chi connectivity index (χ2v) is 5.81. The third-order valence-electron chi connectivity index (χ3n) is 3.17. The van der Waals surface area contributed by atoms with Crippen LogP contribution in [0.1, 0.15) is 12.8 Å². The maximum Gasteiger partial charge on any atom is 0.244 e. The quantitative estimate of drug-likeness (QED) is 0.877. The van der Waals surface area contributed by atoms with Gasteiger partial charge in [-0.1, -0.05) is 11.6 Å². The Kier molecular flexibility index (Phi) is 3.60. The Bertz CT molecular complexity index is 742. The lowest BCUT2D eigenvalue weighted by Gasteiger charge is -2.13. The van der Waals surface area contributed by atoms with E-state index in [2.05, 4.69) is 10.3 Å². The molecule has 0 unspecified atom stereocenters. The molecule has 8 heteroatoms. The van der Waals surface area contributed by atoms with E-state index in [0.717, 1.165) is 9.60 Å². The van der Waals surface area contributed by atoms with Crippen molar-refractivity contribution in [1.82, 2.24) is 9.88 Å². The Morgan fingerprint density at radius 1 is 1.33 bits per heavy atom. The van der Waals surface area contributed by atoms with Crippen molar-refractivity contribution in [3.63, 3.8) is 0 Å². The van der Waals surface area contributed by atoms with E-state index in [4.69, 9.17) is 11.6 Å². The van der Waals surface area contributed by atoms with Gasteiger partial charge in [-0.2, -0.15) is 0 Å². The van der Waals surface area contributed by atoms with Crippen LogP contribution >= 0.6 is 22.9 Å². The molecule has 1 fully saturated rings. The minimum Gasteiger partial charge on any atom is -0.323 e. The molecule has 0 spiro atoms. The number of carbonyl (C=O) groups is 3. The smallest absolute Gasteiger partial charge is 0.244 e. The average molecular weight is 324 g/mol. The summed E-state index contributed by atoms with van der Waals surface area (Å²) >= 11 is 7.37. The fourth-order valence-corrected chi connectivity index (χ4v) is 3.20. The summed E-state index contributed by atoms with van der Waals surface area (Å²) in [4.78, 5) is 40.1. The first kappa shape index (κ1) is 14.0. The molecule has 0 aliphatic carbocycles. The van der Waals surface area contributed by atoms with Gasteiger partial charge in [0.05, 0.1) is 20.9 Å². The summed E-state index contributed by atoms with van der Waals surface area (Å²) in [5.41, 5.74) is 2.83. The van der Waals surface area contributed by atoms with Gasteiger partial charge in [0.1, 0.15) is 12.1 Å². The molecule has 1 saturated heterocycles. The molecule has 1 aromatic carbocycles. The van der Waals surface area contributed by atoms with Crippen molar-refractivity contribution in [2.75, 3.05) is 11.9 Å². The lowest BCUT2D eigenvalue weighted by molar-refractivity contribution is -0.141. The van der Waals surface area contributed by atoms with E-state index in [1.807, 2.05) is 0 Å². The summed E-state index contributed by atoms with van der Waals surface area (Å²) in [6, 6.07) is 3.32. The zero-order valence-corrected chi connectivity index (χ0v) is 12.3. The Morgan fingerprint density at radius 2 is 2.05 bits per heavy atom. The van der Waals surface area contributed by atoms with Crippen LogP contribution in [0.4, 0.5) is 5.69 Å². The van der Waals surface area contributed by atoms with Crippen LogP contribution in [0, 0.1) is 0 Å². The number of thiazole rings is 1. The van der Waals surface area contributed by atoms with Gasteiger partial charge in [-0.15, -0.1) is 11.3 Å². The highest BCUT2D eigenvalue weighted by atomic mass is 35.5. The van der Waals surface area contributed by atoms with E-state index in [1.165, 1.54) is 11.3 Å². The number of nitrogens with one attached hydrogen (secondary N) is 1. The number of carbonyl (C=O) groups excluding carboxylic acids is 3. The highest BCUT2D eigenvalue weighted by Gasteiger charge is 2.30. The van der Waals surface area contributed by atoms with Crippen molar-refractivity contribution in [3.8, 4) is 0 Å². The Morgan fingerprint density at radius 3 is 2.76 bits per heavy atom. The number of likely N-dealkylation sites (tertiary alicyclic amines) is 1. The molecule has 3 rings (SSSR count). The first-order valence-corrected chi connectivity index (χ1v) is 7.47. The minimum absolute atomic E-state index is 0.173. The SMILES string of the molecule is O=C(CN1C(=O)CCC1=O)Nc1ccc(Cl)c2ncsc12. The summed E-state index contributed by atoms with van der Waals surface area (Å²) in [6.45, 7) is -0.263. The van der Waals surface area contributed by atoms with Gasteiger partial charge in [-0.3, -0.25) is 19.3 Å². The molecule has 21 heavy (non-hydrogen) atoms. The Labute approximate surface area is 128 Å². The molecule has 0 radical (unpaired) electrons. The monoisotopic (exact) mass is 323 g/mol. The topological polar surface area (TPSA) is 79.4 Å². The number of aromatic nitrogens is 1. The van der Waals surface area contributed by atoms with E-state index >= 15 is 0 Å². The second kappa shape index (κ2) is 5.42. The number of hydrogen-bond acceptors (Lipinski definition) is 5. The number of hydrogen-bond donors (Lipinski definition) is 1. The first-order chi connectivity index (χ1) is 10.1. The zero-order valence-electron chi connectivity index (χ0n) is 10.8. The number of fused-ring (bicyclic) bond motifs is 1.